The van der Waals surface area contributed by atoms with Gasteiger partial charge in [-0.25, -0.2) is 0 Å². The Kier molecular flexibility index (Phi) is 6.20. The highest BCUT2D eigenvalue weighted by atomic mass is 35.5. The molecule has 1 aromatic rings. The summed E-state index contributed by atoms with van der Waals surface area (Å²) in [7, 11) is 0. The van der Waals surface area contributed by atoms with E-state index in [0.29, 0.717) is 6.42 Å². The van der Waals surface area contributed by atoms with Crippen molar-refractivity contribution in [2.75, 3.05) is 0 Å². The molecule has 0 spiro atoms. The van der Waals surface area contributed by atoms with Crippen LogP contribution in [0.15, 0.2) is 40.9 Å². The second-order valence-corrected chi connectivity index (χ2v) is 4.60. The number of carbonyl (C=O) groups is 1. The summed E-state index contributed by atoms with van der Waals surface area (Å²) in [6.07, 6.45) is 4.66. The minimum Gasteiger partial charge on any atom is -0.295 e. The number of aryl methyl sites for hydroxylation is 1. The molecule has 1 aromatic carbocycles. The Bertz CT molecular complexity index is 353. The molecule has 0 N–H and O–H groups in total. The zero-order valence-electron chi connectivity index (χ0n) is 8.96. The van der Waals surface area contributed by atoms with Gasteiger partial charge in [-0.2, -0.15) is 0 Å². The van der Waals surface area contributed by atoms with Crippen molar-refractivity contribution >= 4 is 29.0 Å². The molecule has 0 aliphatic carbocycles. The Labute approximate surface area is 106 Å². The Morgan fingerprint density at radius 1 is 1.12 bits per heavy atom. The van der Waals surface area contributed by atoms with E-state index >= 15 is 0 Å². The highest BCUT2D eigenvalue weighted by Gasteiger charge is 1.99. The van der Waals surface area contributed by atoms with Crippen molar-refractivity contribution < 1.29 is 4.79 Å². The standard InChI is InChI=1S/C13H14Cl2O/c14-13(15)10-12(16)9-5-4-8-11-6-2-1-3-7-11/h1-3,6-7,10H,4-5,8-9H2. The maximum Gasteiger partial charge on any atom is 0.158 e. The molecule has 0 unspecified atom stereocenters. The second-order valence-electron chi connectivity index (χ2n) is 3.59. The average molecular weight is 257 g/mol. The lowest BCUT2D eigenvalue weighted by Crippen LogP contribution is -1.93. The Hall–Kier alpha value is -0.790. The number of rotatable bonds is 6. The van der Waals surface area contributed by atoms with Gasteiger partial charge in [-0.05, 0) is 24.8 Å². The van der Waals surface area contributed by atoms with Crippen molar-refractivity contribution in [2.24, 2.45) is 0 Å². The van der Waals surface area contributed by atoms with Crippen LogP contribution in [-0.4, -0.2) is 5.78 Å². The van der Waals surface area contributed by atoms with Gasteiger partial charge in [0.15, 0.2) is 5.78 Å². The summed E-state index contributed by atoms with van der Waals surface area (Å²) in [6.45, 7) is 0. The van der Waals surface area contributed by atoms with E-state index in [1.165, 1.54) is 11.6 Å². The number of halogens is 2. The molecule has 0 aromatic heterocycles. The number of benzene rings is 1. The monoisotopic (exact) mass is 256 g/mol. The smallest absolute Gasteiger partial charge is 0.158 e. The van der Waals surface area contributed by atoms with Crippen molar-refractivity contribution in [1.29, 1.82) is 0 Å². The summed E-state index contributed by atoms with van der Waals surface area (Å²) >= 11 is 10.8. The van der Waals surface area contributed by atoms with E-state index in [2.05, 4.69) is 12.1 Å². The zero-order chi connectivity index (χ0) is 11.8. The van der Waals surface area contributed by atoms with Crippen LogP contribution in [0.2, 0.25) is 0 Å². The van der Waals surface area contributed by atoms with Crippen molar-refractivity contribution in [3.8, 4) is 0 Å². The molecule has 0 heterocycles. The average Bonchev–Trinajstić information content (AvgIpc) is 2.25. The lowest BCUT2D eigenvalue weighted by molar-refractivity contribution is -0.114. The maximum absolute atomic E-state index is 11.2. The first-order chi connectivity index (χ1) is 7.68. The maximum atomic E-state index is 11.2. The Morgan fingerprint density at radius 3 is 2.44 bits per heavy atom. The summed E-state index contributed by atoms with van der Waals surface area (Å²) in [5, 5.41) is 0. The van der Waals surface area contributed by atoms with Gasteiger partial charge < -0.3 is 0 Å². The summed E-state index contributed by atoms with van der Waals surface area (Å²) in [5.74, 6) is -0.00642. The van der Waals surface area contributed by atoms with Gasteiger partial charge in [0, 0.05) is 12.5 Å². The van der Waals surface area contributed by atoms with E-state index < -0.39 is 0 Å². The first kappa shape index (κ1) is 13.3. The van der Waals surface area contributed by atoms with Crippen LogP contribution in [0.3, 0.4) is 0 Å². The number of carbonyl (C=O) groups excluding carboxylic acids is 1. The lowest BCUT2D eigenvalue weighted by atomic mass is 10.1. The fourth-order valence-corrected chi connectivity index (χ4v) is 1.71. The van der Waals surface area contributed by atoms with Crippen molar-refractivity contribution in [1.82, 2.24) is 0 Å². The molecular weight excluding hydrogens is 243 g/mol. The second kappa shape index (κ2) is 7.48. The van der Waals surface area contributed by atoms with E-state index in [-0.39, 0.29) is 10.3 Å². The van der Waals surface area contributed by atoms with Gasteiger partial charge >= 0.3 is 0 Å². The van der Waals surface area contributed by atoms with E-state index in [0.717, 1.165) is 19.3 Å². The topological polar surface area (TPSA) is 17.1 Å². The van der Waals surface area contributed by atoms with Crippen LogP contribution in [0.1, 0.15) is 24.8 Å². The number of hydrogen-bond donors (Lipinski definition) is 0. The normalized spacial score (nSPS) is 9.88. The molecule has 0 amide bonds. The lowest BCUT2D eigenvalue weighted by Gasteiger charge is -1.99. The summed E-state index contributed by atoms with van der Waals surface area (Å²) in [4.78, 5) is 11.2. The van der Waals surface area contributed by atoms with Gasteiger partial charge in [0.2, 0.25) is 0 Å². The van der Waals surface area contributed by atoms with Crippen LogP contribution in [-0.2, 0) is 11.2 Å². The van der Waals surface area contributed by atoms with Gasteiger partial charge in [-0.1, -0.05) is 53.5 Å². The van der Waals surface area contributed by atoms with Crippen molar-refractivity contribution in [2.45, 2.75) is 25.7 Å². The summed E-state index contributed by atoms with van der Waals surface area (Å²) in [5.41, 5.74) is 1.31. The predicted molar refractivity (Wildman–Crippen MR) is 68.8 cm³/mol. The van der Waals surface area contributed by atoms with Crippen LogP contribution in [0, 0.1) is 0 Å². The molecule has 0 radical (unpaired) electrons. The summed E-state index contributed by atoms with van der Waals surface area (Å²) < 4.78 is 0.0352. The molecule has 0 aliphatic rings. The number of ketones is 1. The highest BCUT2D eigenvalue weighted by Crippen LogP contribution is 2.10. The fourth-order valence-electron chi connectivity index (χ4n) is 1.47. The third kappa shape index (κ3) is 5.94. The van der Waals surface area contributed by atoms with Crippen LogP contribution >= 0.6 is 23.2 Å². The molecule has 3 heteroatoms. The first-order valence-corrected chi connectivity index (χ1v) is 6.03. The zero-order valence-corrected chi connectivity index (χ0v) is 10.5. The summed E-state index contributed by atoms with van der Waals surface area (Å²) in [6, 6.07) is 10.2. The molecule has 1 rings (SSSR count). The van der Waals surface area contributed by atoms with Gasteiger partial charge in [-0.3, -0.25) is 4.79 Å². The third-order valence-electron chi connectivity index (χ3n) is 2.25. The minimum atomic E-state index is -0.00642. The van der Waals surface area contributed by atoms with E-state index in [9.17, 15) is 4.79 Å². The Morgan fingerprint density at radius 2 is 1.81 bits per heavy atom. The number of unbranched alkanes of at least 4 members (excludes halogenated alkanes) is 1. The van der Waals surface area contributed by atoms with Gasteiger partial charge in [0.1, 0.15) is 4.49 Å². The van der Waals surface area contributed by atoms with Crippen molar-refractivity contribution in [3.63, 3.8) is 0 Å². The van der Waals surface area contributed by atoms with E-state index in [1.807, 2.05) is 18.2 Å². The number of allylic oxidation sites excluding steroid dienone is 1. The Balaban J connectivity index is 2.18. The van der Waals surface area contributed by atoms with E-state index in [1.54, 1.807) is 0 Å². The first-order valence-electron chi connectivity index (χ1n) is 5.28. The van der Waals surface area contributed by atoms with Crippen LogP contribution < -0.4 is 0 Å². The molecular formula is C13H14Cl2O. The molecule has 0 atom stereocenters. The molecule has 1 nitrogen and oxygen atoms in total. The number of hydrogen-bond acceptors (Lipinski definition) is 1. The fraction of sp³-hybridized carbons (Fsp3) is 0.308. The van der Waals surface area contributed by atoms with Crippen LogP contribution in [0.4, 0.5) is 0 Å². The van der Waals surface area contributed by atoms with E-state index in [4.69, 9.17) is 23.2 Å². The molecule has 0 fully saturated rings. The minimum absolute atomic E-state index is 0.00642. The third-order valence-corrected chi connectivity index (χ3v) is 2.47. The molecule has 0 saturated heterocycles. The molecule has 16 heavy (non-hydrogen) atoms. The highest BCUT2D eigenvalue weighted by molar-refractivity contribution is 6.56. The van der Waals surface area contributed by atoms with Crippen LogP contribution in [0.25, 0.3) is 0 Å². The quantitative estimate of drug-likeness (QED) is 0.549. The van der Waals surface area contributed by atoms with Gasteiger partial charge in [0.05, 0.1) is 0 Å². The predicted octanol–water partition coefficient (Wildman–Crippen LogP) is 4.29. The molecule has 86 valence electrons. The van der Waals surface area contributed by atoms with Crippen LogP contribution in [0.5, 0.6) is 0 Å². The molecule has 0 saturated carbocycles. The molecule has 0 bridgehead atoms. The van der Waals surface area contributed by atoms with Crippen molar-refractivity contribution in [3.05, 3.63) is 46.5 Å². The SMILES string of the molecule is O=C(C=C(Cl)Cl)CCCCc1ccccc1. The van der Waals surface area contributed by atoms with Gasteiger partial charge in [-0.15, -0.1) is 0 Å². The largest absolute Gasteiger partial charge is 0.295 e. The van der Waals surface area contributed by atoms with Gasteiger partial charge in [0.25, 0.3) is 0 Å². The molecule has 0 aliphatic heterocycles.